The van der Waals surface area contributed by atoms with Crippen molar-refractivity contribution in [3.63, 3.8) is 0 Å². The van der Waals surface area contributed by atoms with Crippen molar-refractivity contribution in [2.45, 2.75) is 38.5 Å². The number of benzene rings is 1. The Labute approximate surface area is 151 Å². The zero-order chi connectivity index (χ0) is 18.5. The lowest BCUT2D eigenvalue weighted by Gasteiger charge is -2.19. The highest BCUT2D eigenvalue weighted by molar-refractivity contribution is 6.00. The number of amides is 2. The van der Waals surface area contributed by atoms with Gasteiger partial charge in [-0.05, 0) is 43.0 Å². The van der Waals surface area contributed by atoms with Crippen LogP contribution in [-0.2, 0) is 25.5 Å². The van der Waals surface area contributed by atoms with E-state index in [1.165, 1.54) is 4.90 Å². The lowest BCUT2D eigenvalue weighted by molar-refractivity contribution is -0.148. The fraction of sp³-hybridized carbons (Fsp3) is 0.474. The first-order chi connectivity index (χ1) is 12.5. The zero-order valence-electron chi connectivity index (χ0n) is 14.6. The molecule has 0 aromatic heterocycles. The molecular formula is C19H22N2O5. The van der Waals surface area contributed by atoms with E-state index in [1.54, 1.807) is 18.2 Å². The Morgan fingerprint density at radius 3 is 2.77 bits per heavy atom. The minimum atomic E-state index is -0.571. The topological polar surface area (TPSA) is 92.8 Å². The second-order valence-corrected chi connectivity index (χ2v) is 6.63. The summed E-state index contributed by atoms with van der Waals surface area (Å²) in [5.41, 5.74) is 2.06. The van der Waals surface area contributed by atoms with Gasteiger partial charge in [0, 0.05) is 30.6 Å². The van der Waals surface area contributed by atoms with Gasteiger partial charge in [-0.25, -0.2) is 0 Å². The van der Waals surface area contributed by atoms with Crippen LogP contribution >= 0.6 is 0 Å². The van der Waals surface area contributed by atoms with Gasteiger partial charge in [0.15, 0.2) is 12.4 Å². The Bertz CT molecular complexity index is 743. The molecule has 2 aliphatic rings. The molecule has 26 heavy (non-hydrogen) atoms. The number of anilines is 1. The molecule has 0 atom stereocenters. The summed E-state index contributed by atoms with van der Waals surface area (Å²) in [4.78, 5) is 49.0. The number of fused-ring (bicyclic) bond motifs is 1. The number of carbonyl (C=O) groups excluding carboxylic acids is 4. The number of nitrogens with zero attached hydrogens (tertiary/aromatic N) is 1. The summed E-state index contributed by atoms with van der Waals surface area (Å²) < 4.78 is 5.06. The maximum Gasteiger partial charge on any atom is 0.326 e. The maximum absolute atomic E-state index is 12.3. The molecule has 2 amide bonds. The molecular weight excluding hydrogens is 336 g/mol. The van der Waals surface area contributed by atoms with Crippen molar-refractivity contribution in [1.82, 2.24) is 4.90 Å². The monoisotopic (exact) mass is 358 g/mol. The number of hydrogen-bond acceptors (Lipinski definition) is 5. The molecule has 0 radical (unpaired) electrons. The van der Waals surface area contributed by atoms with Gasteiger partial charge in [-0.2, -0.15) is 0 Å². The average molecular weight is 358 g/mol. The third-order valence-electron chi connectivity index (χ3n) is 4.68. The van der Waals surface area contributed by atoms with E-state index in [2.05, 4.69) is 5.32 Å². The molecule has 3 rings (SSSR count). The summed E-state index contributed by atoms with van der Waals surface area (Å²) in [5.74, 6) is -0.949. The summed E-state index contributed by atoms with van der Waals surface area (Å²) in [6, 6.07) is 5.03. The van der Waals surface area contributed by atoms with Crippen molar-refractivity contribution in [3.8, 4) is 0 Å². The van der Waals surface area contributed by atoms with Crippen LogP contribution in [0.1, 0.15) is 48.0 Å². The number of aryl methyl sites for hydroxylation is 1. The SMILES string of the molecule is O=C1CCc2cc(C(=O)COC(=O)CN3CCCCCC3=O)ccc2N1. The molecule has 0 saturated carbocycles. The highest BCUT2D eigenvalue weighted by Crippen LogP contribution is 2.23. The Balaban J connectivity index is 1.52. The normalized spacial score (nSPS) is 17.2. The van der Waals surface area contributed by atoms with Crippen molar-refractivity contribution in [3.05, 3.63) is 29.3 Å². The second kappa shape index (κ2) is 8.12. The largest absolute Gasteiger partial charge is 0.456 e. The van der Waals surface area contributed by atoms with E-state index in [4.69, 9.17) is 4.74 Å². The number of Topliss-reactive ketones (excluding diaryl/α,β-unsaturated/α-hetero) is 1. The molecule has 7 nitrogen and oxygen atoms in total. The number of rotatable bonds is 5. The third kappa shape index (κ3) is 4.47. The van der Waals surface area contributed by atoms with Gasteiger partial charge in [-0.1, -0.05) is 6.42 Å². The van der Waals surface area contributed by atoms with Gasteiger partial charge >= 0.3 is 5.97 Å². The van der Waals surface area contributed by atoms with E-state index in [9.17, 15) is 19.2 Å². The van der Waals surface area contributed by atoms with Gasteiger partial charge in [0.05, 0.1) is 0 Å². The summed E-state index contributed by atoms with van der Waals surface area (Å²) in [5, 5.41) is 2.76. The number of hydrogen-bond donors (Lipinski definition) is 1. The predicted octanol–water partition coefficient (Wildman–Crippen LogP) is 1.70. The number of carbonyl (C=O) groups is 4. The summed E-state index contributed by atoms with van der Waals surface area (Å²) in [6.45, 7) is 0.0900. The molecule has 0 bridgehead atoms. The summed E-state index contributed by atoms with van der Waals surface area (Å²) in [6.07, 6.45) is 4.14. The lowest BCUT2D eigenvalue weighted by Crippen LogP contribution is -2.36. The molecule has 1 aromatic rings. The van der Waals surface area contributed by atoms with Gasteiger partial charge in [0.25, 0.3) is 0 Å². The van der Waals surface area contributed by atoms with Crippen molar-refractivity contribution in [2.24, 2.45) is 0 Å². The van der Waals surface area contributed by atoms with Crippen LogP contribution in [0.25, 0.3) is 0 Å². The van der Waals surface area contributed by atoms with Crippen LogP contribution in [0.2, 0.25) is 0 Å². The maximum atomic E-state index is 12.3. The zero-order valence-corrected chi connectivity index (χ0v) is 14.6. The Kier molecular flexibility index (Phi) is 5.65. The minimum Gasteiger partial charge on any atom is -0.456 e. The van der Waals surface area contributed by atoms with E-state index >= 15 is 0 Å². The van der Waals surface area contributed by atoms with Crippen LogP contribution in [0.3, 0.4) is 0 Å². The van der Waals surface area contributed by atoms with Crippen LogP contribution in [0.5, 0.6) is 0 Å². The first kappa shape index (κ1) is 18.1. The molecule has 0 spiro atoms. The lowest BCUT2D eigenvalue weighted by atomic mass is 9.99. The fourth-order valence-corrected chi connectivity index (χ4v) is 3.19. The molecule has 7 heteroatoms. The van der Waals surface area contributed by atoms with Gasteiger partial charge in [0.1, 0.15) is 6.54 Å². The highest BCUT2D eigenvalue weighted by Gasteiger charge is 2.21. The van der Waals surface area contributed by atoms with Gasteiger partial charge < -0.3 is 15.0 Å². The van der Waals surface area contributed by atoms with Crippen LogP contribution in [0.15, 0.2) is 18.2 Å². The standard InChI is InChI=1S/C19H22N2O5/c22-16(14-5-7-15-13(10-14)6-8-17(23)20-15)12-26-19(25)11-21-9-3-1-2-4-18(21)24/h5,7,10H,1-4,6,8-9,11-12H2,(H,20,23). The molecule has 1 aromatic carbocycles. The van der Waals surface area contributed by atoms with E-state index in [-0.39, 0.29) is 30.7 Å². The van der Waals surface area contributed by atoms with Gasteiger partial charge in [-0.3, -0.25) is 19.2 Å². The van der Waals surface area contributed by atoms with E-state index in [0.717, 1.165) is 30.5 Å². The van der Waals surface area contributed by atoms with Crippen molar-refractivity contribution in [2.75, 3.05) is 25.0 Å². The number of ether oxygens (including phenoxy) is 1. The first-order valence-electron chi connectivity index (χ1n) is 8.92. The molecule has 0 aliphatic carbocycles. The third-order valence-corrected chi connectivity index (χ3v) is 4.68. The number of ketones is 1. The molecule has 138 valence electrons. The molecule has 1 fully saturated rings. The molecule has 2 aliphatic heterocycles. The number of esters is 1. The molecule has 1 saturated heterocycles. The second-order valence-electron chi connectivity index (χ2n) is 6.63. The van der Waals surface area contributed by atoms with Gasteiger partial charge in [0.2, 0.25) is 11.8 Å². The predicted molar refractivity (Wildman–Crippen MR) is 93.7 cm³/mol. The Morgan fingerprint density at radius 1 is 1.08 bits per heavy atom. The first-order valence-corrected chi connectivity index (χ1v) is 8.92. The van der Waals surface area contributed by atoms with E-state index in [0.29, 0.717) is 31.4 Å². The van der Waals surface area contributed by atoms with Crippen molar-refractivity contribution >= 4 is 29.3 Å². The van der Waals surface area contributed by atoms with Crippen LogP contribution in [0, 0.1) is 0 Å². The van der Waals surface area contributed by atoms with Crippen LogP contribution < -0.4 is 5.32 Å². The number of likely N-dealkylation sites (tertiary alicyclic amines) is 1. The van der Waals surface area contributed by atoms with Gasteiger partial charge in [-0.15, -0.1) is 0 Å². The van der Waals surface area contributed by atoms with E-state index < -0.39 is 5.97 Å². The fourth-order valence-electron chi connectivity index (χ4n) is 3.19. The minimum absolute atomic E-state index is 0.0337. The molecule has 2 heterocycles. The quantitative estimate of drug-likeness (QED) is 0.639. The van der Waals surface area contributed by atoms with E-state index in [1.807, 2.05) is 0 Å². The highest BCUT2D eigenvalue weighted by atomic mass is 16.5. The smallest absolute Gasteiger partial charge is 0.326 e. The van der Waals surface area contributed by atoms with Crippen molar-refractivity contribution in [1.29, 1.82) is 0 Å². The Hall–Kier alpha value is -2.70. The van der Waals surface area contributed by atoms with Crippen LogP contribution in [0.4, 0.5) is 5.69 Å². The molecule has 0 unspecified atom stereocenters. The Morgan fingerprint density at radius 2 is 1.92 bits per heavy atom. The average Bonchev–Trinajstić information content (AvgIpc) is 2.83. The summed E-state index contributed by atoms with van der Waals surface area (Å²) in [7, 11) is 0. The van der Waals surface area contributed by atoms with Crippen LogP contribution in [-0.4, -0.2) is 48.2 Å². The molecule has 1 N–H and O–H groups in total. The van der Waals surface area contributed by atoms with Crippen molar-refractivity contribution < 1.29 is 23.9 Å². The summed E-state index contributed by atoms with van der Waals surface area (Å²) >= 11 is 0. The number of nitrogens with one attached hydrogen (secondary N) is 1.